The second-order valence-corrected chi connectivity index (χ2v) is 5.16. The fourth-order valence-corrected chi connectivity index (χ4v) is 3.02. The topological polar surface area (TPSA) is 74.6 Å². The molecule has 0 aromatic heterocycles. The van der Waals surface area contributed by atoms with Crippen LogP contribution in [-0.4, -0.2) is 22.2 Å². The molecule has 0 aliphatic rings. The quantitative estimate of drug-likeness (QED) is 0.802. The summed E-state index contributed by atoms with van der Waals surface area (Å²) in [4.78, 5) is 24.1. The number of hydrogen-bond acceptors (Lipinski definition) is 2. The Balaban J connectivity index is 2.72. The second kappa shape index (κ2) is 6.43. The Kier molecular flexibility index (Phi) is 4.61. The van der Waals surface area contributed by atoms with Crippen molar-refractivity contribution < 1.29 is 19.8 Å². The first-order valence-electron chi connectivity index (χ1n) is 7.12. The number of carboxylic acids is 2. The molecule has 22 heavy (non-hydrogen) atoms. The number of carboxylic acid groups (broad SMARTS) is 2. The Labute approximate surface area is 129 Å². The standard InChI is InChI=1S/C18H18O4/c1-2-15(13-9-5-3-6-10-13)18(16(19)20,17(21)22)14-11-7-4-8-12-14/h3-12,15H,2H2,1H3,(H,19,20)(H,21,22). The molecule has 0 saturated carbocycles. The molecule has 4 heteroatoms. The van der Waals surface area contributed by atoms with E-state index in [1.165, 1.54) is 0 Å². The van der Waals surface area contributed by atoms with Gasteiger partial charge in [0, 0.05) is 5.92 Å². The lowest BCUT2D eigenvalue weighted by molar-refractivity contribution is -0.159. The van der Waals surface area contributed by atoms with Gasteiger partial charge in [0.1, 0.15) is 0 Å². The summed E-state index contributed by atoms with van der Waals surface area (Å²) in [6.45, 7) is 1.81. The van der Waals surface area contributed by atoms with E-state index in [1.807, 2.05) is 6.07 Å². The van der Waals surface area contributed by atoms with Crippen LogP contribution in [-0.2, 0) is 15.0 Å². The van der Waals surface area contributed by atoms with Gasteiger partial charge in [0.2, 0.25) is 0 Å². The molecule has 0 fully saturated rings. The van der Waals surface area contributed by atoms with Crippen molar-refractivity contribution in [1.82, 2.24) is 0 Å². The van der Waals surface area contributed by atoms with E-state index in [2.05, 4.69) is 0 Å². The third-order valence-electron chi connectivity index (χ3n) is 4.04. The third-order valence-corrected chi connectivity index (χ3v) is 4.04. The van der Waals surface area contributed by atoms with Gasteiger partial charge in [-0.15, -0.1) is 0 Å². The van der Waals surface area contributed by atoms with E-state index < -0.39 is 23.3 Å². The number of benzene rings is 2. The predicted molar refractivity (Wildman–Crippen MR) is 82.9 cm³/mol. The largest absolute Gasteiger partial charge is 0.480 e. The Bertz CT molecular complexity index is 635. The van der Waals surface area contributed by atoms with Crippen LogP contribution in [0.1, 0.15) is 30.4 Å². The highest BCUT2D eigenvalue weighted by Crippen LogP contribution is 2.42. The molecule has 2 N–H and O–H groups in total. The summed E-state index contributed by atoms with van der Waals surface area (Å²) in [5.41, 5.74) is -1.01. The van der Waals surface area contributed by atoms with Gasteiger partial charge in [-0.2, -0.15) is 0 Å². The van der Waals surface area contributed by atoms with Crippen molar-refractivity contribution in [3.63, 3.8) is 0 Å². The zero-order chi connectivity index (χ0) is 16.2. The van der Waals surface area contributed by atoms with Crippen molar-refractivity contribution in [2.24, 2.45) is 0 Å². The summed E-state index contributed by atoms with van der Waals surface area (Å²) in [7, 11) is 0. The van der Waals surface area contributed by atoms with E-state index in [1.54, 1.807) is 61.5 Å². The number of hydrogen-bond donors (Lipinski definition) is 2. The van der Waals surface area contributed by atoms with Crippen LogP contribution in [0.2, 0.25) is 0 Å². The van der Waals surface area contributed by atoms with Crippen molar-refractivity contribution in [1.29, 1.82) is 0 Å². The van der Waals surface area contributed by atoms with E-state index >= 15 is 0 Å². The van der Waals surface area contributed by atoms with Crippen molar-refractivity contribution in [3.8, 4) is 0 Å². The molecule has 4 nitrogen and oxygen atoms in total. The average molecular weight is 298 g/mol. The zero-order valence-corrected chi connectivity index (χ0v) is 12.3. The van der Waals surface area contributed by atoms with Crippen LogP contribution in [0, 0.1) is 0 Å². The van der Waals surface area contributed by atoms with E-state index in [0.717, 1.165) is 0 Å². The predicted octanol–water partition coefficient (Wildman–Crippen LogP) is 3.29. The zero-order valence-electron chi connectivity index (χ0n) is 12.3. The molecule has 0 aliphatic carbocycles. The molecule has 1 unspecified atom stereocenters. The first-order chi connectivity index (χ1) is 10.5. The normalized spacial score (nSPS) is 12.6. The molecule has 0 aliphatic heterocycles. The van der Waals surface area contributed by atoms with E-state index in [-0.39, 0.29) is 5.56 Å². The minimum absolute atomic E-state index is 0.283. The molecular weight excluding hydrogens is 280 g/mol. The van der Waals surface area contributed by atoms with Gasteiger partial charge < -0.3 is 10.2 Å². The van der Waals surface area contributed by atoms with Crippen LogP contribution in [0.15, 0.2) is 60.7 Å². The van der Waals surface area contributed by atoms with Crippen molar-refractivity contribution in [2.45, 2.75) is 24.7 Å². The SMILES string of the molecule is CCC(c1ccccc1)C(C(=O)O)(C(=O)O)c1ccccc1. The monoisotopic (exact) mass is 298 g/mol. The highest BCUT2D eigenvalue weighted by molar-refractivity contribution is 6.06. The van der Waals surface area contributed by atoms with Gasteiger partial charge in [0.05, 0.1) is 0 Å². The molecule has 114 valence electrons. The molecule has 2 aromatic carbocycles. The Morgan fingerprint density at radius 3 is 1.77 bits per heavy atom. The minimum Gasteiger partial charge on any atom is -0.480 e. The minimum atomic E-state index is -2.00. The first-order valence-corrected chi connectivity index (χ1v) is 7.12. The maximum absolute atomic E-state index is 12.1. The molecule has 0 amide bonds. The first kappa shape index (κ1) is 15.8. The van der Waals surface area contributed by atoms with Gasteiger partial charge in [-0.3, -0.25) is 9.59 Å². The van der Waals surface area contributed by atoms with Crippen LogP contribution < -0.4 is 0 Å². The molecular formula is C18H18O4. The van der Waals surface area contributed by atoms with Gasteiger partial charge in [-0.1, -0.05) is 67.6 Å². The molecule has 1 atom stereocenters. The van der Waals surface area contributed by atoms with Crippen molar-refractivity contribution >= 4 is 11.9 Å². The van der Waals surface area contributed by atoms with Crippen LogP contribution in [0.5, 0.6) is 0 Å². The molecule has 0 saturated heterocycles. The maximum Gasteiger partial charge on any atom is 0.326 e. The van der Waals surface area contributed by atoms with E-state index in [0.29, 0.717) is 12.0 Å². The number of rotatable bonds is 6. The molecule has 0 radical (unpaired) electrons. The summed E-state index contributed by atoms with van der Waals surface area (Å²) >= 11 is 0. The molecule has 0 bridgehead atoms. The van der Waals surface area contributed by atoms with Crippen molar-refractivity contribution in [2.75, 3.05) is 0 Å². The summed E-state index contributed by atoms with van der Waals surface area (Å²) in [6.07, 6.45) is 0.400. The lowest BCUT2D eigenvalue weighted by Gasteiger charge is -2.33. The van der Waals surface area contributed by atoms with Crippen LogP contribution in [0.3, 0.4) is 0 Å². The maximum atomic E-state index is 12.1. The Morgan fingerprint density at radius 1 is 0.909 bits per heavy atom. The summed E-state index contributed by atoms with van der Waals surface area (Å²) in [5, 5.41) is 19.7. The average Bonchev–Trinajstić information content (AvgIpc) is 2.53. The Hall–Kier alpha value is -2.62. The van der Waals surface area contributed by atoms with Crippen LogP contribution in [0.25, 0.3) is 0 Å². The fourth-order valence-electron chi connectivity index (χ4n) is 3.02. The highest BCUT2D eigenvalue weighted by Gasteiger charge is 2.54. The van der Waals surface area contributed by atoms with Crippen LogP contribution >= 0.6 is 0 Å². The van der Waals surface area contributed by atoms with Gasteiger partial charge >= 0.3 is 11.9 Å². The second-order valence-electron chi connectivity index (χ2n) is 5.16. The number of carbonyl (C=O) groups is 2. The fraction of sp³-hybridized carbons (Fsp3) is 0.222. The summed E-state index contributed by atoms with van der Waals surface area (Å²) in [5.74, 6) is -3.35. The van der Waals surface area contributed by atoms with Gasteiger partial charge in [-0.25, -0.2) is 0 Å². The lowest BCUT2D eigenvalue weighted by atomic mass is 9.66. The molecule has 0 spiro atoms. The summed E-state index contributed by atoms with van der Waals surface area (Å²) < 4.78 is 0. The van der Waals surface area contributed by atoms with Gasteiger partial charge in [-0.05, 0) is 17.5 Å². The smallest absolute Gasteiger partial charge is 0.326 e. The third kappa shape index (κ3) is 2.48. The molecule has 2 aromatic rings. The summed E-state index contributed by atoms with van der Waals surface area (Å²) in [6, 6.07) is 17.1. The van der Waals surface area contributed by atoms with Crippen LogP contribution in [0.4, 0.5) is 0 Å². The van der Waals surface area contributed by atoms with E-state index in [4.69, 9.17) is 0 Å². The Morgan fingerprint density at radius 2 is 1.36 bits per heavy atom. The number of aliphatic carboxylic acids is 2. The molecule has 2 rings (SSSR count). The molecule has 0 heterocycles. The van der Waals surface area contributed by atoms with Gasteiger partial charge in [0.15, 0.2) is 5.41 Å². The van der Waals surface area contributed by atoms with Gasteiger partial charge in [0.25, 0.3) is 0 Å². The van der Waals surface area contributed by atoms with E-state index in [9.17, 15) is 19.8 Å². The van der Waals surface area contributed by atoms with Crippen molar-refractivity contribution in [3.05, 3.63) is 71.8 Å². The highest BCUT2D eigenvalue weighted by atomic mass is 16.4. The lowest BCUT2D eigenvalue weighted by Crippen LogP contribution is -2.48.